The predicted molar refractivity (Wildman–Crippen MR) is 92.0 cm³/mol. The van der Waals surface area contributed by atoms with E-state index in [2.05, 4.69) is 54.0 Å². The molecule has 0 radical (unpaired) electrons. The van der Waals surface area contributed by atoms with Gasteiger partial charge in [-0.2, -0.15) is 0 Å². The van der Waals surface area contributed by atoms with E-state index in [-0.39, 0.29) is 0 Å². The fourth-order valence-corrected chi connectivity index (χ4v) is 3.48. The average molecular weight is 299 g/mol. The Kier molecular flexibility index (Phi) is 5.10. The SMILES string of the molecule is Cc1ccc(CC(CCc2cccs2)CNC2CC2)cc1. The first-order valence-electron chi connectivity index (χ1n) is 8.11. The van der Waals surface area contributed by atoms with Gasteiger partial charge in [0.2, 0.25) is 0 Å². The van der Waals surface area contributed by atoms with Crippen molar-refractivity contribution in [1.29, 1.82) is 0 Å². The van der Waals surface area contributed by atoms with Crippen LogP contribution in [-0.4, -0.2) is 12.6 Å². The van der Waals surface area contributed by atoms with Crippen LogP contribution in [-0.2, 0) is 12.8 Å². The van der Waals surface area contributed by atoms with Crippen molar-refractivity contribution in [2.24, 2.45) is 5.92 Å². The predicted octanol–water partition coefficient (Wildman–Crippen LogP) is 4.60. The molecule has 1 aliphatic carbocycles. The highest BCUT2D eigenvalue weighted by Gasteiger charge is 2.22. The molecule has 0 spiro atoms. The van der Waals surface area contributed by atoms with Crippen molar-refractivity contribution in [3.8, 4) is 0 Å². The summed E-state index contributed by atoms with van der Waals surface area (Å²) in [6, 6.07) is 14.3. The molecule has 1 saturated carbocycles. The zero-order valence-electron chi connectivity index (χ0n) is 12.8. The van der Waals surface area contributed by atoms with Gasteiger partial charge in [-0.25, -0.2) is 0 Å². The van der Waals surface area contributed by atoms with Crippen LogP contribution < -0.4 is 5.32 Å². The molecule has 1 aromatic heterocycles. The molecule has 1 aliphatic rings. The largest absolute Gasteiger partial charge is 0.314 e. The maximum atomic E-state index is 3.72. The van der Waals surface area contributed by atoms with E-state index in [0.29, 0.717) is 0 Å². The molecule has 2 heteroatoms. The topological polar surface area (TPSA) is 12.0 Å². The second kappa shape index (κ2) is 7.24. The van der Waals surface area contributed by atoms with Crippen LogP contribution in [0, 0.1) is 12.8 Å². The Bertz CT molecular complexity index is 525. The normalized spacial score (nSPS) is 16.0. The first kappa shape index (κ1) is 14.8. The van der Waals surface area contributed by atoms with Crippen molar-refractivity contribution in [3.05, 3.63) is 57.8 Å². The smallest absolute Gasteiger partial charge is 0.00683 e. The summed E-state index contributed by atoms with van der Waals surface area (Å²) in [5.41, 5.74) is 2.83. The van der Waals surface area contributed by atoms with Gasteiger partial charge >= 0.3 is 0 Å². The highest BCUT2D eigenvalue weighted by atomic mass is 32.1. The fraction of sp³-hybridized carbons (Fsp3) is 0.474. The Hall–Kier alpha value is -1.12. The Morgan fingerprint density at radius 1 is 1.19 bits per heavy atom. The number of aryl methyl sites for hydroxylation is 2. The molecule has 0 bridgehead atoms. The molecular weight excluding hydrogens is 274 g/mol. The molecule has 1 nitrogen and oxygen atoms in total. The van der Waals surface area contributed by atoms with E-state index < -0.39 is 0 Å². The number of thiophene rings is 1. The molecule has 0 amide bonds. The molecule has 1 N–H and O–H groups in total. The second-order valence-electron chi connectivity index (χ2n) is 6.36. The molecule has 1 fully saturated rings. The highest BCUT2D eigenvalue weighted by molar-refractivity contribution is 7.09. The highest BCUT2D eigenvalue weighted by Crippen LogP contribution is 2.22. The van der Waals surface area contributed by atoms with Gasteiger partial charge < -0.3 is 5.32 Å². The summed E-state index contributed by atoms with van der Waals surface area (Å²) in [6.07, 6.45) is 6.46. The maximum absolute atomic E-state index is 3.72. The zero-order chi connectivity index (χ0) is 14.5. The molecule has 0 aliphatic heterocycles. The average Bonchev–Trinajstić information content (AvgIpc) is 3.18. The van der Waals surface area contributed by atoms with Crippen molar-refractivity contribution < 1.29 is 0 Å². The van der Waals surface area contributed by atoms with E-state index in [9.17, 15) is 0 Å². The van der Waals surface area contributed by atoms with Gasteiger partial charge in [-0.05, 0) is 68.5 Å². The first-order chi connectivity index (χ1) is 10.3. The molecule has 1 aromatic carbocycles. The van der Waals surface area contributed by atoms with Gasteiger partial charge in [-0.3, -0.25) is 0 Å². The number of hydrogen-bond donors (Lipinski definition) is 1. The summed E-state index contributed by atoms with van der Waals surface area (Å²) in [7, 11) is 0. The lowest BCUT2D eigenvalue weighted by atomic mass is 9.94. The second-order valence-corrected chi connectivity index (χ2v) is 7.39. The Morgan fingerprint density at radius 3 is 2.67 bits per heavy atom. The van der Waals surface area contributed by atoms with E-state index in [1.807, 2.05) is 11.3 Å². The van der Waals surface area contributed by atoms with Gasteiger partial charge in [0.25, 0.3) is 0 Å². The van der Waals surface area contributed by atoms with Crippen molar-refractivity contribution in [1.82, 2.24) is 5.32 Å². The van der Waals surface area contributed by atoms with E-state index in [4.69, 9.17) is 0 Å². The molecule has 1 atom stereocenters. The van der Waals surface area contributed by atoms with Crippen molar-refractivity contribution in [2.45, 2.75) is 45.1 Å². The maximum Gasteiger partial charge on any atom is 0.00683 e. The Morgan fingerprint density at radius 2 is 2.00 bits per heavy atom. The van der Waals surface area contributed by atoms with Crippen LogP contribution in [0.3, 0.4) is 0 Å². The van der Waals surface area contributed by atoms with Crippen molar-refractivity contribution in [3.63, 3.8) is 0 Å². The van der Waals surface area contributed by atoms with Gasteiger partial charge in [-0.15, -0.1) is 11.3 Å². The van der Waals surface area contributed by atoms with Gasteiger partial charge in [0.1, 0.15) is 0 Å². The summed E-state index contributed by atoms with van der Waals surface area (Å²) in [5, 5.41) is 5.91. The van der Waals surface area contributed by atoms with Crippen LogP contribution in [0.5, 0.6) is 0 Å². The minimum atomic E-state index is 0.746. The van der Waals surface area contributed by atoms with Crippen LogP contribution in [0.4, 0.5) is 0 Å². The van der Waals surface area contributed by atoms with Gasteiger partial charge in [-0.1, -0.05) is 35.9 Å². The summed E-state index contributed by atoms with van der Waals surface area (Å²) in [6.45, 7) is 3.33. The van der Waals surface area contributed by atoms with Crippen LogP contribution in [0.2, 0.25) is 0 Å². The number of hydrogen-bond acceptors (Lipinski definition) is 2. The van der Waals surface area contributed by atoms with Gasteiger partial charge in [0.05, 0.1) is 0 Å². The molecule has 1 heterocycles. The van der Waals surface area contributed by atoms with E-state index in [1.54, 1.807) is 0 Å². The Labute approximate surface area is 132 Å². The van der Waals surface area contributed by atoms with E-state index in [1.165, 1.54) is 54.7 Å². The minimum absolute atomic E-state index is 0.746. The molecule has 2 aromatic rings. The van der Waals surface area contributed by atoms with Crippen LogP contribution in [0.15, 0.2) is 41.8 Å². The molecular formula is C19H25NS. The van der Waals surface area contributed by atoms with Crippen LogP contribution >= 0.6 is 11.3 Å². The third kappa shape index (κ3) is 4.98. The molecule has 3 rings (SSSR count). The fourth-order valence-electron chi connectivity index (χ4n) is 2.76. The number of benzene rings is 1. The molecule has 21 heavy (non-hydrogen) atoms. The summed E-state index contributed by atoms with van der Waals surface area (Å²) in [5.74, 6) is 0.746. The lowest BCUT2D eigenvalue weighted by Gasteiger charge is -2.17. The third-order valence-electron chi connectivity index (χ3n) is 4.30. The summed E-state index contributed by atoms with van der Waals surface area (Å²) in [4.78, 5) is 1.52. The summed E-state index contributed by atoms with van der Waals surface area (Å²) < 4.78 is 0. The lowest BCUT2D eigenvalue weighted by molar-refractivity contribution is 0.443. The zero-order valence-corrected chi connectivity index (χ0v) is 13.7. The number of nitrogens with one attached hydrogen (secondary N) is 1. The monoisotopic (exact) mass is 299 g/mol. The van der Waals surface area contributed by atoms with Crippen molar-refractivity contribution in [2.75, 3.05) is 6.54 Å². The van der Waals surface area contributed by atoms with Crippen LogP contribution in [0.1, 0.15) is 35.3 Å². The molecule has 0 saturated heterocycles. The van der Waals surface area contributed by atoms with Crippen molar-refractivity contribution >= 4 is 11.3 Å². The quantitative estimate of drug-likeness (QED) is 0.751. The molecule has 1 unspecified atom stereocenters. The van der Waals surface area contributed by atoms with E-state index in [0.717, 1.165) is 12.0 Å². The van der Waals surface area contributed by atoms with E-state index >= 15 is 0 Å². The van der Waals surface area contributed by atoms with Gasteiger partial charge in [0.15, 0.2) is 0 Å². The van der Waals surface area contributed by atoms with Gasteiger partial charge in [0, 0.05) is 10.9 Å². The van der Waals surface area contributed by atoms with Crippen LogP contribution in [0.25, 0.3) is 0 Å². The summed E-state index contributed by atoms with van der Waals surface area (Å²) >= 11 is 1.89. The lowest BCUT2D eigenvalue weighted by Crippen LogP contribution is -2.26. The molecule has 112 valence electrons. The standard InChI is InChI=1S/C19H25NS/c1-15-4-6-16(7-5-15)13-17(14-20-18-9-10-18)8-11-19-3-2-12-21-19/h2-7,12,17-18,20H,8-11,13-14H2,1H3. The third-order valence-corrected chi connectivity index (χ3v) is 5.23. The minimum Gasteiger partial charge on any atom is -0.314 e. The Balaban J connectivity index is 1.55. The first-order valence-corrected chi connectivity index (χ1v) is 8.99. The number of rotatable bonds is 8.